The van der Waals surface area contributed by atoms with Crippen LogP contribution in [0.5, 0.6) is 0 Å². The average molecular weight is 254 g/mol. The lowest BCUT2D eigenvalue weighted by atomic mass is 10.1. The van der Waals surface area contributed by atoms with Crippen molar-refractivity contribution in [3.05, 3.63) is 41.9 Å². The summed E-state index contributed by atoms with van der Waals surface area (Å²) in [5, 5.41) is 16.5. The number of benzene rings is 1. The first-order valence-corrected chi connectivity index (χ1v) is 5.65. The Morgan fingerprint density at radius 3 is 3.00 bits per heavy atom. The number of carbonyl (C=O) groups excluding carboxylic acids is 1. The van der Waals surface area contributed by atoms with Crippen molar-refractivity contribution in [1.82, 2.24) is 25.6 Å². The van der Waals surface area contributed by atoms with E-state index in [1.807, 2.05) is 31.2 Å². The van der Waals surface area contributed by atoms with E-state index in [1.54, 1.807) is 6.20 Å². The Morgan fingerprint density at radius 1 is 1.32 bits per heavy atom. The van der Waals surface area contributed by atoms with Crippen molar-refractivity contribution >= 4 is 22.5 Å². The molecule has 3 aromatic rings. The van der Waals surface area contributed by atoms with Gasteiger partial charge in [0.2, 0.25) is 0 Å². The molecule has 0 aliphatic heterocycles. The number of anilines is 1. The number of amides is 1. The van der Waals surface area contributed by atoms with Gasteiger partial charge in [0.05, 0.1) is 11.2 Å². The number of aromatic nitrogens is 5. The Kier molecular flexibility index (Phi) is 2.64. The number of rotatable bonds is 2. The third-order valence-corrected chi connectivity index (χ3v) is 2.77. The van der Waals surface area contributed by atoms with Crippen molar-refractivity contribution in [2.75, 3.05) is 5.32 Å². The molecular weight excluding hydrogens is 244 g/mol. The molecule has 7 heteroatoms. The molecule has 0 radical (unpaired) electrons. The Bertz CT molecular complexity index is 737. The van der Waals surface area contributed by atoms with Crippen LogP contribution < -0.4 is 5.32 Å². The zero-order valence-electron chi connectivity index (χ0n) is 10.1. The van der Waals surface area contributed by atoms with Gasteiger partial charge >= 0.3 is 0 Å². The number of nitrogens with one attached hydrogen (secondary N) is 2. The molecule has 2 aromatic heterocycles. The molecule has 0 spiro atoms. The minimum absolute atomic E-state index is 0.00221. The molecule has 0 aliphatic rings. The molecule has 0 fully saturated rings. The SMILES string of the molecule is Cc1ccc(NC(=O)c2nn[nH]n2)c2cccnc12. The fourth-order valence-electron chi connectivity index (χ4n) is 1.86. The first kappa shape index (κ1) is 11.3. The van der Waals surface area contributed by atoms with Gasteiger partial charge in [0.15, 0.2) is 0 Å². The normalized spacial score (nSPS) is 10.6. The van der Waals surface area contributed by atoms with Gasteiger partial charge in [-0.3, -0.25) is 9.78 Å². The van der Waals surface area contributed by atoms with E-state index < -0.39 is 5.91 Å². The number of aryl methyl sites for hydroxylation is 1. The van der Waals surface area contributed by atoms with Gasteiger partial charge < -0.3 is 5.32 Å². The number of fused-ring (bicyclic) bond motifs is 1. The zero-order valence-corrected chi connectivity index (χ0v) is 10.1. The minimum atomic E-state index is -0.414. The summed E-state index contributed by atoms with van der Waals surface area (Å²) in [6.07, 6.45) is 1.72. The second-order valence-corrected chi connectivity index (χ2v) is 4.02. The smallest absolute Gasteiger partial charge is 0.297 e. The van der Waals surface area contributed by atoms with E-state index in [2.05, 4.69) is 30.9 Å². The summed E-state index contributed by atoms with van der Waals surface area (Å²) in [4.78, 5) is 16.2. The van der Waals surface area contributed by atoms with E-state index in [1.165, 1.54) is 0 Å². The summed E-state index contributed by atoms with van der Waals surface area (Å²) in [5.41, 5.74) is 2.57. The van der Waals surface area contributed by atoms with Crippen molar-refractivity contribution in [1.29, 1.82) is 0 Å². The van der Waals surface area contributed by atoms with Crippen LogP contribution in [0, 0.1) is 6.92 Å². The molecule has 0 bridgehead atoms. The van der Waals surface area contributed by atoms with Crippen LogP contribution in [0.4, 0.5) is 5.69 Å². The highest BCUT2D eigenvalue weighted by Crippen LogP contribution is 2.24. The van der Waals surface area contributed by atoms with Crippen LogP contribution in [-0.2, 0) is 0 Å². The number of aromatic amines is 1. The first-order valence-electron chi connectivity index (χ1n) is 5.65. The summed E-state index contributed by atoms with van der Waals surface area (Å²) < 4.78 is 0. The Hall–Kier alpha value is -2.83. The molecule has 7 nitrogen and oxygen atoms in total. The van der Waals surface area contributed by atoms with Gasteiger partial charge in [-0.1, -0.05) is 6.07 Å². The molecule has 1 aromatic carbocycles. The predicted octanol–water partition coefficient (Wildman–Crippen LogP) is 1.31. The van der Waals surface area contributed by atoms with E-state index in [4.69, 9.17) is 0 Å². The van der Waals surface area contributed by atoms with Gasteiger partial charge in [0.25, 0.3) is 11.7 Å². The van der Waals surface area contributed by atoms with E-state index >= 15 is 0 Å². The van der Waals surface area contributed by atoms with Gasteiger partial charge in [0, 0.05) is 11.6 Å². The van der Waals surface area contributed by atoms with Crippen molar-refractivity contribution in [3.8, 4) is 0 Å². The van der Waals surface area contributed by atoms with Crippen LogP contribution in [0.3, 0.4) is 0 Å². The topological polar surface area (TPSA) is 96.5 Å². The lowest BCUT2D eigenvalue weighted by Gasteiger charge is -2.08. The molecule has 3 rings (SSSR count). The van der Waals surface area contributed by atoms with Gasteiger partial charge in [-0.05, 0) is 35.9 Å². The molecule has 0 atom stereocenters. The van der Waals surface area contributed by atoms with Crippen LogP contribution in [0.1, 0.15) is 16.2 Å². The second kappa shape index (κ2) is 4.45. The molecule has 19 heavy (non-hydrogen) atoms. The number of carbonyl (C=O) groups is 1. The van der Waals surface area contributed by atoms with E-state index in [0.717, 1.165) is 16.5 Å². The molecule has 2 N–H and O–H groups in total. The molecule has 0 saturated heterocycles. The maximum atomic E-state index is 11.9. The zero-order chi connectivity index (χ0) is 13.2. The number of tetrazole rings is 1. The van der Waals surface area contributed by atoms with E-state index in [9.17, 15) is 4.79 Å². The van der Waals surface area contributed by atoms with Crippen LogP contribution in [-0.4, -0.2) is 31.5 Å². The summed E-state index contributed by atoms with van der Waals surface area (Å²) in [7, 11) is 0. The lowest BCUT2D eigenvalue weighted by molar-refractivity contribution is 0.101. The van der Waals surface area contributed by atoms with Crippen molar-refractivity contribution in [3.63, 3.8) is 0 Å². The fraction of sp³-hybridized carbons (Fsp3) is 0.0833. The van der Waals surface area contributed by atoms with Crippen molar-refractivity contribution in [2.24, 2.45) is 0 Å². The van der Waals surface area contributed by atoms with Crippen LogP contribution in [0.15, 0.2) is 30.5 Å². The minimum Gasteiger partial charge on any atom is -0.319 e. The largest absolute Gasteiger partial charge is 0.319 e. The molecule has 1 amide bonds. The molecule has 2 heterocycles. The standard InChI is InChI=1S/C12H10N6O/c1-7-4-5-9(8-3-2-6-13-10(7)8)14-12(19)11-15-17-18-16-11/h2-6H,1H3,(H,14,19)(H,15,16,17,18). The van der Waals surface area contributed by atoms with Gasteiger partial charge in [-0.15, -0.1) is 10.2 Å². The number of hydrogen-bond acceptors (Lipinski definition) is 5. The molecule has 0 unspecified atom stereocenters. The highest BCUT2D eigenvalue weighted by molar-refractivity contribution is 6.07. The average Bonchev–Trinajstić information content (AvgIpc) is 2.96. The van der Waals surface area contributed by atoms with Crippen LogP contribution in [0.25, 0.3) is 10.9 Å². The fourth-order valence-corrected chi connectivity index (χ4v) is 1.86. The predicted molar refractivity (Wildman–Crippen MR) is 68.6 cm³/mol. The van der Waals surface area contributed by atoms with Crippen LogP contribution in [0.2, 0.25) is 0 Å². The molecule has 0 aliphatic carbocycles. The first-order chi connectivity index (χ1) is 9.25. The number of pyridine rings is 1. The van der Waals surface area contributed by atoms with Crippen molar-refractivity contribution < 1.29 is 4.79 Å². The maximum Gasteiger partial charge on any atom is 0.297 e. The number of H-pyrrole nitrogens is 1. The summed E-state index contributed by atoms with van der Waals surface area (Å²) in [6, 6.07) is 7.46. The number of hydrogen-bond donors (Lipinski definition) is 2. The third-order valence-electron chi connectivity index (χ3n) is 2.77. The quantitative estimate of drug-likeness (QED) is 0.718. The van der Waals surface area contributed by atoms with Crippen LogP contribution >= 0.6 is 0 Å². The Balaban J connectivity index is 2.02. The summed E-state index contributed by atoms with van der Waals surface area (Å²) in [6.45, 7) is 1.97. The van der Waals surface area contributed by atoms with Crippen molar-refractivity contribution in [2.45, 2.75) is 6.92 Å². The highest BCUT2D eigenvalue weighted by Gasteiger charge is 2.13. The summed E-state index contributed by atoms with van der Waals surface area (Å²) >= 11 is 0. The Morgan fingerprint density at radius 2 is 2.21 bits per heavy atom. The molecular formula is C12H10N6O. The third kappa shape index (κ3) is 2.01. The van der Waals surface area contributed by atoms with Gasteiger partial charge in [0.1, 0.15) is 0 Å². The molecule has 94 valence electrons. The maximum absolute atomic E-state index is 11.9. The monoisotopic (exact) mass is 254 g/mol. The van der Waals surface area contributed by atoms with E-state index in [0.29, 0.717) is 5.69 Å². The lowest BCUT2D eigenvalue weighted by Crippen LogP contribution is -2.14. The second-order valence-electron chi connectivity index (χ2n) is 4.02. The van der Waals surface area contributed by atoms with Gasteiger partial charge in [-0.25, -0.2) is 0 Å². The molecule has 0 saturated carbocycles. The van der Waals surface area contributed by atoms with E-state index in [-0.39, 0.29) is 5.82 Å². The summed E-state index contributed by atoms with van der Waals surface area (Å²) in [5.74, 6) is -0.416. The Labute approximate surface area is 108 Å². The van der Waals surface area contributed by atoms with Gasteiger partial charge in [-0.2, -0.15) is 5.21 Å². The number of nitrogens with zero attached hydrogens (tertiary/aromatic N) is 4. The highest BCUT2D eigenvalue weighted by atomic mass is 16.2.